The lowest BCUT2D eigenvalue weighted by atomic mass is 9.83. The number of amides is 1. The highest BCUT2D eigenvalue weighted by Gasteiger charge is 2.29. The maximum Gasteiger partial charge on any atom is 0.220 e. The topological polar surface area (TPSA) is 80.0 Å². The summed E-state index contributed by atoms with van der Waals surface area (Å²) in [6.45, 7) is 4.42. The molecule has 3 aromatic heterocycles. The lowest BCUT2D eigenvalue weighted by Gasteiger charge is -2.31. The smallest absolute Gasteiger partial charge is 0.220 e. The van der Waals surface area contributed by atoms with E-state index in [-0.39, 0.29) is 5.91 Å². The SMILES string of the molecule is CCNC(=O)CC1CCC(n2c(C(C)O)nc3cnc4ccsc4c32)CC1. The van der Waals surface area contributed by atoms with Gasteiger partial charge in [0.05, 0.1) is 21.9 Å². The average Bonchev–Trinajstić information content (AvgIpc) is 3.26. The Bertz CT molecular complexity index is 954. The molecule has 1 fully saturated rings. The van der Waals surface area contributed by atoms with Crippen LogP contribution in [-0.4, -0.2) is 32.1 Å². The number of pyridine rings is 1. The number of carbonyl (C=O) groups is 1. The number of nitrogens with one attached hydrogen (secondary N) is 1. The number of fused-ring (bicyclic) bond motifs is 3. The Hall–Kier alpha value is -1.99. The van der Waals surface area contributed by atoms with E-state index in [1.807, 2.05) is 19.2 Å². The zero-order chi connectivity index (χ0) is 19.0. The van der Waals surface area contributed by atoms with E-state index < -0.39 is 6.10 Å². The van der Waals surface area contributed by atoms with Crippen molar-refractivity contribution in [2.75, 3.05) is 6.54 Å². The number of thiophene rings is 1. The molecule has 0 aromatic carbocycles. The molecule has 0 bridgehead atoms. The second-order valence-corrected chi connectivity index (χ2v) is 8.39. The van der Waals surface area contributed by atoms with E-state index in [0.29, 0.717) is 24.9 Å². The van der Waals surface area contributed by atoms with E-state index in [0.717, 1.165) is 52.8 Å². The van der Waals surface area contributed by atoms with Crippen LogP contribution in [0.2, 0.25) is 0 Å². The fourth-order valence-electron chi connectivity index (χ4n) is 4.30. The first-order chi connectivity index (χ1) is 13.1. The van der Waals surface area contributed by atoms with Crippen molar-refractivity contribution in [3.8, 4) is 0 Å². The van der Waals surface area contributed by atoms with Crippen molar-refractivity contribution in [1.82, 2.24) is 19.9 Å². The Kier molecular flexibility index (Phi) is 5.14. The van der Waals surface area contributed by atoms with Gasteiger partial charge in [0, 0.05) is 19.0 Å². The quantitative estimate of drug-likeness (QED) is 0.696. The van der Waals surface area contributed by atoms with Crippen LogP contribution >= 0.6 is 11.3 Å². The van der Waals surface area contributed by atoms with Gasteiger partial charge in [0.25, 0.3) is 0 Å². The molecule has 0 aliphatic heterocycles. The van der Waals surface area contributed by atoms with Crippen molar-refractivity contribution in [2.45, 2.75) is 58.1 Å². The Labute approximate surface area is 162 Å². The van der Waals surface area contributed by atoms with Crippen LogP contribution in [0.4, 0.5) is 0 Å². The second kappa shape index (κ2) is 7.56. The summed E-state index contributed by atoms with van der Waals surface area (Å²) in [4.78, 5) is 21.1. The largest absolute Gasteiger partial charge is 0.385 e. The average molecular weight is 387 g/mol. The highest BCUT2D eigenvalue weighted by molar-refractivity contribution is 7.18. The first kappa shape index (κ1) is 18.4. The number of rotatable bonds is 5. The number of hydrogen-bond donors (Lipinski definition) is 2. The van der Waals surface area contributed by atoms with Crippen molar-refractivity contribution in [3.63, 3.8) is 0 Å². The number of imidazole rings is 1. The molecule has 1 unspecified atom stereocenters. The number of aromatic nitrogens is 3. The van der Waals surface area contributed by atoms with Crippen LogP contribution in [0.3, 0.4) is 0 Å². The van der Waals surface area contributed by atoms with Crippen LogP contribution in [0.5, 0.6) is 0 Å². The molecule has 1 amide bonds. The summed E-state index contributed by atoms with van der Waals surface area (Å²) in [6.07, 6.45) is 5.87. The lowest BCUT2D eigenvalue weighted by Crippen LogP contribution is -2.27. The molecule has 1 atom stereocenters. The molecule has 3 heterocycles. The fraction of sp³-hybridized carbons (Fsp3) is 0.550. The molecule has 3 aromatic rings. The van der Waals surface area contributed by atoms with Crippen LogP contribution in [-0.2, 0) is 4.79 Å². The summed E-state index contributed by atoms with van der Waals surface area (Å²) in [5, 5.41) is 15.3. The predicted octanol–water partition coefficient (Wildman–Crippen LogP) is 3.96. The van der Waals surface area contributed by atoms with Crippen LogP contribution in [0, 0.1) is 5.92 Å². The number of aliphatic hydroxyl groups is 1. The van der Waals surface area contributed by atoms with Gasteiger partial charge in [-0.15, -0.1) is 11.3 Å². The highest BCUT2D eigenvalue weighted by Crippen LogP contribution is 2.39. The summed E-state index contributed by atoms with van der Waals surface area (Å²) < 4.78 is 3.39. The molecule has 4 rings (SSSR count). The monoisotopic (exact) mass is 386 g/mol. The summed E-state index contributed by atoms with van der Waals surface area (Å²) in [7, 11) is 0. The Morgan fingerprint density at radius 2 is 2.15 bits per heavy atom. The summed E-state index contributed by atoms with van der Waals surface area (Å²) in [6, 6.07) is 2.33. The molecule has 144 valence electrons. The van der Waals surface area contributed by atoms with E-state index in [2.05, 4.69) is 20.2 Å². The molecule has 0 saturated heterocycles. The van der Waals surface area contributed by atoms with Crippen molar-refractivity contribution in [2.24, 2.45) is 5.92 Å². The van der Waals surface area contributed by atoms with Gasteiger partial charge in [-0.25, -0.2) is 4.98 Å². The Morgan fingerprint density at radius 1 is 1.37 bits per heavy atom. The highest BCUT2D eigenvalue weighted by atomic mass is 32.1. The molecule has 6 nitrogen and oxygen atoms in total. The zero-order valence-electron chi connectivity index (χ0n) is 15.8. The van der Waals surface area contributed by atoms with Gasteiger partial charge in [0.1, 0.15) is 17.4 Å². The maximum atomic E-state index is 11.9. The summed E-state index contributed by atoms with van der Waals surface area (Å²) in [5.74, 6) is 1.32. The molecule has 1 saturated carbocycles. The van der Waals surface area contributed by atoms with Gasteiger partial charge in [-0.1, -0.05) is 0 Å². The lowest BCUT2D eigenvalue weighted by molar-refractivity contribution is -0.122. The molecule has 1 aliphatic rings. The van der Waals surface area contributed by atoms with E-state index >= 15 is 0 Å². The first-order valence-electron chi connectivity index (χ1n) is 9.77. The second-order valence-electron chi connectivity index (χ2n) is 7.48. The van der Waals surface area contributed by atoms with E-state index in [1.54, 1.807) is 18.3 Å². The van der Waals surface area contributed by atoms with Crippen LogP contribution < -0.4 is 5.32 Å². The Balaban J connectivity index is 1.64. The third-order valence-corrected chi connectivity index (χ3v) is 6.46. The standard InChI is InChI=1S/C20H26N4O2S/c1-3-21-17(26)10-13-4-6-14(7-5-13)24-18-16(23-20(24)12(2)25)11-22-15-8-9-27-19(15)18/h8-9,11-14,25H,3-7,10H2,1-2H3,(H,21,26). The molecular formula is C20H26N4O2S. The molecule has 1 aliphatic carbocycles. The van der Waals surface area contributed by atoms with Gasteiger partial charge >= 0.3 is 0 Å². The molecule has 7 heteroatoms. The van der Waals surface area contributed by atoms with E-state index in [9.17, 15) is 9.90 Å². The van der Waals surface area contributed by atoms with Gasteiger partial charge in [-0.2, -0.15) is 0 Å². The maximum absolute atomic E-state index is 11.9. The predicted molar refractivity (Wildman–Crippen MR) is 108 cm³/mol. The van der Waals surface area contributed by atoms with Crippen LogP contribution in [0.1, 0.15) is 63.9 Å². The minimum atomic E-state index is -0.625. The van der Waals surface area contributed by atoms with Crippen molar-refractivity contribution >= 4 is 38.5 Å². The first-order valence-corrected chi connectivity index (χ1v) is 10.6. The molecule has 0 radical (unpaired) electrons. The van der Waals surface area contributed by atoms with E-state index in [4.69, 9.17) is 4.98 Å². The zero-order valence-corrected chi connectivity index (χ0v) is 16.6. The minimum Gasteiger partial charge on any atom is -0.385 e. The van der Waals surface area contributed by atoms with Gasteiger partial charge in [-0.05, 0) is 56.9 Å². The number of nitrogens with zero attached hydrogens (tertiary/aromatic N) is 3. The van der Waals surface area contributed by atoms with Crippen molar-refractivity contribution < 1.29 is 9.90 Å². The Morgan fingerprint density at radius 3 is 2.85 bits per heavy atom. The number of aliphatic hydroxyl groups excluding tert-OH is 1. The van der Waals surface area contributed by atoms with Gasteiger partial charge in [0.2, 0.25) is 5.91 Å². The third-order valence-electron chi connectivity index (χ3n) is 5.55. The molecule has 2 N–H and O–H groups in total. The van der Waals surface area contributed by atoms with Crippen LogP contribution in [0.25, 0.3) is 21.3 Å². The van der Waals surface area contributed by atoms with Gasteiger partial charge in [-0.3, -0.25) is 9.78 Å². The molecular weight excluding hydrogens is 360 g/mol. The molecule has 27 heavy (non-hydrogen) atoms. The van der Waals surface area contributed by atoms with Crippen molar-refractivity contribution in [3.05, 3.63) is 23.5 Å². The van der Waals surface area contributed by atoms with Gasteiger partial charge < -0.3 is 15.0 Å². The molecule has 0 spiro atoms. The third kappa shape index (κ3) is 3.46. The van der Waals surface area contributed by atoms with Crippen molar-refractivity contribution in [1.29, 1.82) is 0 Å². The van der Waals surface area contributed by atoms with E-state index in [1.165, 1.54) is 0 Å². The number of hydrogen-bond acceptors (Lipinski definition) is 5. The van der Waals surface area contributed by atoms with Crippen LogP contribution in [0.15, 0.2) is 17.6 Å². The fourth-order valence-corrected chi connectivity index (χ4v) is 5.19. The van der Waals surface area contributed by atoms with Gasteiger partial charge in [0.15, 0.2) is 0 Å². The normalized spacial score (nSPS) is 21.6. The summed E-state index contributed by atoms with van der Waals surface area (Å²) in [5.41, 5.74) is 2.93. The summed E-state index contributed by atoms with van der Waals surface area (Å²) >= 11 is 1.68. The minimum absolute atomic E-state index is 0.157. The number of carbonyl (C=O) groups excluding carboxylic acids is 1.